The van der Waals surface area contributed by atoms with Gasteiger partial charge >= 0.3 is 0 Å². The fraction of sp³-hybridized carbons (Fsp3) is 0.353. The minimum atomic E-state index is -3.50. The molecule has 1 aromatic carbocycles. The predicted octanol–water partition coefficient (Wildman–Crippen LogP) is 3.10. The Balaban J connectivity index is 1.75. The second kappa shape index (κ2) is 6.78. The van der Waals surface area contributed by atoms with Crippen molar-refractivity contribution < 1.29 is 17.6 Å². The van der Waals surface area contributed by atoms with E-state index in [0.29, 0.717) is 12.2 Å². The summed E-state index contributed by atoms with van der Waals surface area (Å²) in [6.45, 7) is 2.50. The molecule has 0 bridgehead atoms. The van der Waals surface area contributed by atoms with Gasteiger partial charge in [-0.3, -0.25) is 4.79 Å². The highest BCUT2D eigenvalue weighted by Crippen LogP contribution is 2.26. The van der Waals surface area contributed by atoms with Crippen molar-refractivity contribution in [3.05, 3.63) is 48.4 Å². The highest BCUT2D eigenvalue weighted by molar-refractivity contribution is 7.89. The first-order valence-electron chi connectivity index (χ1n) is 7.95. The maximum Gasteiger partial charge on any atom is 0.291 e. The maximum atomic E-state index is 12.7. The molecule has 1 aliphatic rings. The van der Waals surface area contributed by atoms with E-state index in [-0.39, 0.29) is 22.6 Å². The SMILES string of the molecule is C[C@H]1CCCCN1S(=O)(=O)c1ccc(NC(=O)c2ccco2)cc1. The Morgan fingerprint density at radius 1 is 1.21 bits per heavy atom. The first kappa shape index (κ1) is 16.7. The van der Waals surface area contributed by atoms with Crippen LogP contribution in [-0.2, 0) is 10.0 Å². The Morgan fingerprint density at radius 2 is 1.96 bits per heavy atom. The summed E-state index contributed by atoms with van der Waals surface area (Å²) >= 11 is 0. The molecule has 0 saturated carbocycles. The van der Waals surface area contributed by atoms with E-state index in [9.17, 15) is 13.2 Å². The molecule has 0 aliphatic carbocycles. The van der Waals surface area contributed by atoms with Gasteiger partial charge in [0.15, 0.2) is 5.76 Å². The molecule has 1 fully saturated rings. The lowest BCUT2D eigenvalue weighted by molar-refractivity contribution is 0.0996. The van der Waals surface area contributed by atoms with Crippen molar-refractivity contribution in [2.75, 3.05) is 11.9 Å². The van der Waals surface area contributed by atoms with Crippen LogP contribution in [0.2, 0.25) is 0 Å². The first-order chi connectivity index (χ1) is 11.5. The quantitative estimate of drug-likeness (QED) is 0.921. The lowest BCUT2D eigenvalue weighted by Crippen LogP contribution is -2.41. The predicted molar refractivity (Wildman–Crippen MR) is 90.3 cm³/mol. The smallest absolute Gasteiger partial charge is 0.291 e. The van der Waals surface area contributed by atoms with Crippen molar-refractivity contribution in [1.82, 2.24) is 4.31 Å². The molecule has 2 heterocycles. The summed E-state index contributed by atoms with van der Waals surface area (Å²) in [5, 5.41) is 2.67. The van der Waals surface area contributed by atoms with Crippen LogP contribution < -0.4 is 5.32 Å². The van der Waals surface area contributed by atoms with Crippen molar-refractivity contribution in [3.63, 3.8) is 0 Å². The lowest BCUT2D eigenvalue weighted by Gasteiger charge is -2.32. The van der Waals surface area contributed by atoms with Crippen LogP contribution >= 0.6 is 0 Å². The number of amides is 1. The fourth-order valence-corrected chi connectivity index (χ4v) is 4.57. The Bertz CT molecular complexity index is 798. The molecule has 1 atom stereocenters. The number of sulfonamides is 1. The first-order valence-corrected chi connectivity index (χ1v) is 9.39. The van der Waals surface area contributed by atoms with Gasteiger partial charge in [0, 0.05) is 18.3 Å². The second-order valence-corrected chi connectivity index (χ2v) is 7.81. The van der Waals surface area contributed by atoms with Crippen LogP contribution in [0, 0.1) is 0 Å². The molecule has 1 amide bonds. The van der Waals surface area contributed by atoms with Crippen molar-refractivity contribution in [1.29, 1.82) is 0 Å². The van der Waals surface area contributed by atoms with Crippen molar-refractivity contribution in [3.8, 4) is 0 Å². The standard InChI is InChI=1S/C17H20N2O4S/c1-13-5-2-3-11-19(13)24(21,22)15-9-7-14(8-10-15)18-17(20)16-6-4-12-23-16/h4,6-10,12-13H,2-3,5,11H2,1H3,(H,18,20)/t13-/m0/s1. The third-order valence-corrected chi connectivity index (χ3v) is 6.23. The van der Waals surface area contributed by atoms with Crippen LogP contribution in [0.4, 0.5) is 5.69 Å². The van der Waals surface area contributed by atoms with Crippen LogP contribution in [0.1, 0.15) is 36.7 Å². The number of anilines is 1. The Morgan fingerprint density at radius 3 is 2.58 bits per heavy atom. The molecule has 2 aromatic rings. The average molecular weight is 348 g/mol. The number of rotatable bonds is 4. The number of hydrogen-bond donors (Lipinski definition) is 1. The maximum absolute atomic E-state index is 12.7. The molecule has 7 heteroatoms. The highest BCUT2D eigenvalue weighted by Gasteiger charge is 2.30. The van der Waals surface area contributed by atoms with E-state index < -0.39 is 10.0 Å². The Hall–Kier alpha value is -2.12. The molecule has 1 aliphatic heterocycles. The zero-order valence-corrected chi connectivity index (χ0v) is 14.3. The third-order valence-electron chi connectivity index (χ3n) is 4.21. The van der Waals surface area contributed by atoms with Crippen molar-refractivity contribution in [2.45, 2.75) is 37.1 Å². The van der Waals surface area contributed by atoms with Gasteiger partial charge in [-0.05, 0) is 56.2 Å². The van der Waals surface area contributed by atoms with E-state index in [1.54, 1.807) is 28.6 Å². The topological polar surface area (TPSA) is 79.6 Å². The summed E-state index contributed by atoms with van der Waals surface area (Å²) < 4.78 is 32.1. The molecular weight excluding hydrogens is 328 g/mol. The van der Waals surface area contributed by atoms with Gasteiger partial charge in [0.05, 0.1) is 11.2 Å². The minimum Gasteiger partial charge on any atom is -0.459 e. The van der Waals surface area contributed by atoms with Gasteiger partial charge in [-0.2, -0.15) is 4.31 Å². The normalized spacial score (nSPS) is 19.1. The Kier molecular flexibility index (Phi) is 4.73. The van der Waals surface area contributed by atoms with Crippen molar-refractivity contribution in [2.24, 2.45) is 0 Å². The van der Waals surface area contributed by atoms with E-state index in [1.165, 1.54) is 18.4 Å². The highest BCUT2D eigenvalue weighted by atomic mass is 32.2. The summed E-state index contributed by atoms with van der Waals surface area (Å²) in [6, 6.07) is 9.42. The molecule has 0 spiro atoms. The molecule has 0 radical (unpaired) electrons. The molecule has 1 saturated heterocycles. The molecule has 128 valence electrons. The van der Waals surface area contributed by atoms with Gasteiger partial charge < -0.3 is 9.73 Å². The molecule has 6 nitrogen and oxygen atoms in total. The summed E-state index contributed by atoms with van der Waals surface area (Å²) in [6.07, 6.45) is 4.26. The van der Waals surface area contributed by atoms with Gasteiger partial charge in [-0.15, -0.1) is 0 Å². The van der Waals surface area contributed by atoms with Crippen LogP contribution in [0.15, 0.2) is 52.0 Å². The summed E-state index contributed by atoms with van der Waals surface area (Å²) in [4.78, 5) is 12.2. The summed E-state index contributed by atoms with van der Waals surface area (Å²) in [5.41, 5.74) is 0.516. The van der Waals surface area contributed by atoms with Crippen molar-refractivity contribution >= 4 is 21.6 Å². The van der Waals surface area contributed by atoms with E-state index in [1.807, 2.05) is 6.92 Å². The number of furan rings is 1. The number of piperidine rings is 1. The second-order valence-electron chi connectivity index (χ2n) is 5.92. The molecule has 24 heavy (non-hydrogen) atoms. The van der Waals surface area contributed by atoms with Gasteiger partial charge in [-0.25, -0.2) is 8.42 Å². The monoisotopic (exact) mass is 348 g/mol. The molecule has 1 aromatic heterocycles. The van der Waals surface area contributed by atoms with E-state index >= 15 is 0 Å². The lowest BCUT2D eigenvalue weighted by atomic mass is 10.1. The molecular formula is C17H20N2O4S. The number of nitrogens with zero attached hydrogens (tertiary/aromatic N) is 1. The average Bonchev–Trinajstić information content (AvgIpc) is 3.10. The van der Waals surface area contributed by atoms with E-state index in [4.69, 9.17) is 4.42 Å². The number of carbonyl (C=O) groups is 1. The van der Waals surface area contributed by atoms with Gasteiger partial charge in [0.25, 0.3) is 5.91 Å². The van der Waals surface area contributed by atoms with Crippen LogP contribution in [0.25, 0.3) is 0 Å². The zero-order chi connectivity index (χ0) is 17.2. The summed E-state index contributed by atoms with van der Waals surface area (Å²) in [5.74, 6) is -0.172. The van der Waals surface area contributed by atoms with Crippen LogP contribution in [-0.4, -0.2) is 31.2 Å². The minimum absolute atomic E-state index is 0.0158. The summed E-state index contributed by atoms with van der Waals surface area (Å²) in [7, 11) is -3.50. The van der Waals surface area contributed by atoms with Gasteiger partial charge in [0.1, 0.15) is 0 Å². The number of benzene rings is 1. The van der Waals surface area contributed by atoms with Crippen LogP contribution in [0.3, 0.4) is 0 Å². The number of nitrogens with one attached hydrogen (secondary N) is 1. The van der Waals surface area contributed by atoms with Gasteiger partial charge in [-0.1, -0.05) is 6.42 Å². The third kappa shape index (κ3) is 3.37. The van der Waals surface area contributed by atoms with E-state index in [2.05, 4.69) is 5.32 Å². The zero-order valence-electron chi connectivity index (χ0n) is 13.4. The molecule has 0 unspecified atom stereocenters. The molecule has 1 N–H and O–H groups in total. The van der Waals surface area contributed by atoms with E-state index in [0.717, 1.165) is 19.3 Å². The Labute approximate surface area is 141 Å². The number of carbonyl (C=O) groups excluding carboxylic acids is 1. The van der Waals surface area contributed by atoms with Gasteiger partial charge in [0.2, 0.25) is 10.0 Å². The molecule has 3 rings (SSSR count). The van der Waals surface area contributed by atoms with Crippen LogP contribution in [0.5, 0.6) is 0 Å². The number of hydrogen-bond acceptors (Lipinski definition) is 4. The fourth-order valence-electron chi connectivity index (χ4n) is 2.87. The largest absolute Gasteiger partial charge is 0.459 e.